The molecule has 3 rings (SSSR count). The van der Waals surface area contributed by atoms with Crippen molar-refractivity contribution in [3.05, 3.63) is 36.1 Å². The number of aliphatic carboxylic acids is 1. The van der Waals surface area contributed by atoms with Gasteiger partial charge in [0.15, 0.2) is 5.76 Å². The Labute approximate surface area is 119 Å². The summed E-state index contributed by atoms with van der Waals surface area (Å²) in [5, 5.41) is 12.8. The van der Waals surface area contributed by atoms with E-state index < -0.39 is 17.4 Å². The molecule has 1 amide bonds. The molecule has 0 saturated carbocycles. The molecule has 6 heteroatoms. The van der Waals surface area contributed by atoms with Crippen LogP contribution in [0.2, 0.25) is 0 Å². The molecule has 2 heterocycles. The monoisotopic (exact) mass is 291 g/mol. The quantitative estimate of drug-likeness (QED) is 0.905. The predicted octanol–water partition coefficient (Wildman–Crippen LogP) is 2.12. The first kappa shape index (κ1) is 13.1. The third kappa shape index (κ3) is 2.16. The second-order valence-electron chi connectivity index (χ2n) is 4.79. The van der Waals surface area contributed by atoms with E-state index in [-0.39, 0.29) is 5.76 Å². The average molecular weight is 291 g/mol. The number of carboxylic acids is 1. The highest BCUT2D eigenvalue weighted by Gasteiger charge is 2.43. The SMILES string of the molecule is O=C(N[C@@]1(C(=O)O)CCSC1)c1cc2ccccc2o1. The van der Waals surface area contributed by atoms with Gasteiger partial charge in [-0.3, -0.25) is 4.79 Å². The van der Waals surface area contributed by atoms with Gasteiger partial charge in [0.25, 0.3) is 5.91 Å². The van der Waals surface area contributed by atoms with E-state index in [4.69, 9.17) is 4.42 Å². The van der Waals surface area contributed by atoms with Gasteiger partial charge in [-0.25, -0.2) is 4.79 Å². The van der Waals surface area contributed by atoms with Gasteiger partial charge in [-0.1, -0.05) is 18.2 Å². The smallest absolute Gasteiger partial charge is 0.330 e. The summed E-state index contributed by atoms with van der Waals surface area (Å²) in [6.45, 7) is 0. The molecule has 5 nitrogen and oxygen atoms in total. The van der Waals surface area contributed by atoms with Crippen LogP contribution in [0.5, 0.6) is 0 Å². The zero-order chi connectivity index (χ0) is 14.2. The first-order valence-corrected chi connectivity index (χ1v) is 7.38. The molecular weight excluding hydrogens is 278 g/mol. The minimum Gasteiger partial charge on any atom is -0.479 e. The summed E-state index contributed by atoms with van der Waals surface area (Å²) >= 11 is 1.53. The van der Waals surface area contributed by atoms with Gasteiger partial charge in [0, 0.05) is 11.1 Å². The molecular formula is C14H13NO4S. The summed E-state index contributed by atoms with van der Waals surface area (Å²) in [4.78, 5) is 23.6. The van der Waals surface area contributed by atoms with Gasteiger partial charge in [0.05, 0.1) is 0 Å². The highest BCUT2D eigenvalue weighted by Crippen LogP contribution is 2.29. The molecule has 1 aliphatic rings. The molecule has 1 saturated heterocycles. The van der Waals surface area contributed by atoms with E-state index in [1.54, 1.807) is 12.1 Å². The van der Waals surface area contributed by atoms with Gasteiger partial charge in [0.2, 0.25) is 0 Å². The number of nitrogens with one attached hydrogen (secondary N) is 1. The van der Waals surface area contributed by atoms with Crippen molar-refractivity contribution in [2.24, 2.45) is 0 Å². The number of benzene rings is 1. The van der Waals surface area contributed by atoms with E-state index in [0.717, 1.165) is 11.1 Å². The van der Waals surface area contributed by atoms with Crippen LogP contribution >= 0.6 is 11.8 Å². The van der Waals surface area contributed by atoms with Crippen LogP contribution in [0.25, 0.3) is 11.0 Å². The lowest BCUT2D eigenvalue weighted by Crippen LogP contribution is -2.54. The number of amides is 1. The number of hydrogen-bond acceptors (Lipinski definition) is 4. The number of fused-ring (bicyclic) bond motifs is 1. The summed E-state index contributed by atoms with van der Waals surface area (Å²) < 4.78 is 5.45. The van der Waals surface area contributed by atoms with Gasteiger partial charge in [-0.05, 0) is 24.3 Å². The number of hydrogen-bond donors (Lipinski definition) is 2. The van der Waals surface area contributed by atoms with E-state index in [9.17, 15) is 14.7 Å². The summed E-state index contributed by atoms with van der Waals surface area (Å²) in [7, 11) is 0. The fraction of sp³-hybridized carbons (Fsp3) is 0.286. The lowest BCUT2D eigenvalue weighted by molar-refractivity contribution is -0.143. The van der Waals surface area contributed by atoms with Crippen molar-refractivity contribution in [3.8, 4) is 0 Å². The number of para-hydroxylation sites is 1. The zero-order valence-electron chi connectivity index (χ0n) is 10.6. The third-order valence-electron chi connectivity index (χ3n) is 3.43. The molecule has 1 aromatic heterocycles. The minimum absolute atomic E-state index is 0.142. The van der Waals surface area contributed by atoms with Crippen LogP contribution < -0.4 is 5.32 Å². The maximum atomic E-state index is 12.2. The minimum atomic E-state index is -1.18. The number of carboxylic acid groups (broad SMARTS) is 1. The molecule has 0 radical (unpaired) electrons. The van der Waals surface area contributed by atoms with Crippen molar-refractivity contribution in [1.29, 1.82) is 0 Å². The van der Waals surface area contributed by atoms with Crippen molar-refractivity contribution in [2.45, 2.75) is 12.0 Å². The summed E-state index contributed by atoms with van der Waals surface area (Å²) in [5.74, 6) is -0.220. The second-order valence-corrected chi connectivity index (χ2v) is 5.90. The first-order valence-electron chi connectivity index (χ1n) is 6.23. The Morgan fingerprint density at radius 3 is 2.80 bits per heavy atom. The number of thioether (sulfide) groups is 1. The van der Waals surface area contributed by atoms with Crippen LogP contribution in [0.15, 0.2) is 34.7 Å². The van der Waals surface area contributed by atoms with E-state index >= 15 is 0 Å². The third-order valence-corrected chi connectivity index (χ3v) is 4.62. The largest absolute Gasteiger partial charge is 0.479 e. The van der Waals surface area contributed by atoms with Crippen LogP contribution in [0.4, 0.5) is 0 Å². The zero-order valence-corrected chi connectivity index (χ0v) is 11.4. The van der Waals surface area contributed by atoms with Crippen molar-refractivity contribution in [2.75, 3.05) is 11.5 Å². The van der Waals surface area contributed by atoms with Crippen molar-refractivity contribution < 1.29 is 19.1 Å². The van der Waals surface area contributed by atoms with Crippen molar-refractivity contribution in [3.63, 3.8) is 0 Å². The predicted molar refractivity (Wildman–Crippen MR) is 76.0 cm³/mol. The number of rotatable bonds is 3. The molecule has 1 atom stereocenters. The second kappa shape index (κ2) is 4.86. The first-order chi connectivity index (χ1) is 9.61. The van der Waals surface area contributed by atoms with Gasteiger partial charge >= 0.3 is 5.97 Å². The Morgan fingerprint density at radius 1 is 1.35 bits per heavy atom. The van der Waals surface area contributed by atoms with Gasteiger partial charge in [0.1, 0.15) is 11.1 Å². The fourth-order valence-electron chi connectivity index (χ4n) is 2.26. The molecule has 1 aliphatic heterocycles. The number of furan rings is 1. The van der Waals surface area contributed by atoms with E-state index in [0.29, 0.717) is 17.8 Å². The number of carbonyl (C=O) groups excluding carboxylic acids is 1. The summed E-state index contributed by atoms with van der Waals surface area (Å²) in [6, 6.07) is 8.91. The molecule has 104 valence electrons. The van der Waals surface area contributed by atoms with E-state index in [2.05, 4.69) is 5.32 Å². The van der Waals surface area contributed by atoms with Crippen LogP contribution in [-0.2, 0) is 4.79 Å². The van der Waals surface area contributed by atoms with Crippen LogP contribution in [-0.4, -0.2) is 34.0 Å². The summed E-state index contributed by atoms with van der Waals surface area (Å²) in [5.41, 5.74) is -0.566. The summed E-state index contributed by atoms with van der Waals surface area (Å²) in [6.07, 6.45) is 0.430. The molecule has 0 aliphatic carbocycles. The molecule has 2 aromatic rings. The Balaban J connectivity index is 1.87. The molecule has 1 fully saturated rings. The van der Waals surface area contributed by atoms with Gasteiger partial charge in [-0.15, -0.1) is 0 Å². The molecule has 0 spiro atoms. The maximum Gasteiger partial charge on any atom is 0.330 e. The average Bonchev–Trinajstić information content (AvgIpc) is 3.05. The standard InChI is InChI=1S/C14H13NO4S/c16-12(15-14(13(17)18)5-6-20-8-14)11-7-9-3-1-2-4-10(9)19-11/h1-4,7H,5-6,8H2,(H,15,16)(H,17,18)/t14-/m0/s1. The lowest BCUT2D eigenvalue weighted by Gasteiger charge is -2.23. The van der Waals surface area contributed by atoms with Crippen LogP contribution in [0.3, 0.4) is 0 Å². The van der Waals surface area contributed by atoms with Crippen LogP contribution in [0, 0.1) is 0 Å². The highest BCUT2D eigenvalue weighted by molar-refractivity contribution is 7.99. The number of carbonyl (C=O) groups is 2. The van der Waals surface area contributed by atoms with Gasteiger partial charge < -0.3 is 14.8 Å². The molecule has 1 aromatic carbocycles. The van der Waals surface area contributed by atoms with Gasteiger partial charge in [-0.2, -0.15) is 11.8 Å². The lowest BCUT2D eigenvalue weighted by atomic mass is 9.99. The molecule has 20 heavy (non-hydrogen) atoms. The highest BCUT2D eigenvalue weighted by atomic mass is 32.2. The Kier molecular flexibility index (Phi) is 3.17. The van der Waals surface area contributed by atoms with Crippen LogP contribution in [0.1, 0.15) is 17.0 Å². The Bertz CT molecular complexity index is 640. The van der Waals surface area contributed by atoms with Crippen molar-refractivity contribution in [1.82, 2.24) is 5.32 Å². The Morgan fingerprint density at radius 2 is 2.15 bits per heavy atom. The topological polar surface area (TPSA) is 79.5 Å². The van der Waals surface area contributed by atoms with Crippen molar-refractivity contribution >= 4 is 34.6 Å². The van der Waals surface area contributed by atoms with E-state index in [1.807, 2.05) is 18.2 Å². The van der Waals surface area contributed by atoms with E-state index in [1.165, 1.54) is 11.8 Å². The fourth-order valence-corrected chi connectivity index (χ4v) is 3.58. The molecule has 0 bridgehead atoms. The molecule has 2 N–H and O–H groups in total. The Hall–Kier alpha value is -1.95. The normalized spacial score (nSPS) is 22.0. The molecule has 0 unspecified atom stereocenters. The maximum absolute atomic E-state index is 12.2.